The second-order valence-electron chi connectivity index (χ2n) is 4.98. The lowest BCUT2D eigenvalue weighted by molar-refractivity contribution is -0.0136. The summed E-state index contributed by atoms with van der Waals surface area (Å²) in [5, 5.41) is 6.55. The molecule has 0 aromatic heterocycles. The van der Waals surface area contributed by atoms with E-state index >= 15 is 0 Å². The molecule has 1 saturated heterocycles. The van der Waals surface area contributed by atoms with Crippen molar-refractivity contribution in [3.05, 3.63) is 0 Å². The van der Waals surface area contributed by atoms with Crippen LogP contribution in [0, 0.1) is 0 Å². The summed E-state index contributed by atoms with van der Waals surface area (Å²) < 4.78 is 10.8. The fraction of sp³-hybridized carbons (Fsp3) is 0.923. The number of guanidine groups is 1. The van der Waals surface area contributed by atoms with Gasteiger partial charge in [0.2, 0.25) is 0 Å². The molecule has 6 nitrogen and oxygen atoms in total. The van der Waals surface area contributed by atoms with Crippen LogP contribution < -0.4 is 10.6 Å². The maximum Gasteiger partial charge on any atom is 0.191 e. The molecule has 120 valence electrons. The van der Waals surface area contributed by atoms with Crippen molar-refractivity contribution in [3.8, 4) is 0 Å². The molecule has 1 rings (SSSR count). The second kappa shape index (κ2) is 11.5. The summed E-state index contributed by atoms with van der Waals surface area (Å²) in [5.74, 6) is 0.823. The van der Waals surface area contributed by atoms with Crippen LogP contribution in [0.15, 0.2) is 4.99 Å². The first-order chi connectivity index (χ1) is 9.15. The van der Waals surface area contributed by atoms with E-state index in [2.05, 4.69) is 41.4 Å². The molecule has 2 N–H and O–H groups in total. The van der Waals surface area contributed by atoms with Crippen LogP contribution >= 0.6 is 24.0 Å². The largest absolute Gasteiger partial charge is 0.383 e. The van der Waals surface area contributed by atoms with E-state index in [4.69, 9.17) is 9.47 Å². The van der Waals surface area contributed by atoms with E-state index in [0.29, 0.717) is 13.2 Å². The standard InChI is InChI=1S/C13H28N4O2.HI/c1-5-14-13(16-11(2)10-18-4)15-8-12-9-17(3)6-7-19-12;/h11-12H,5-10H2,1-4H3,(H2,14,15,16);1H. The van der Waals surface area contributed by atoms with Crippen LogP contribution in [-0.2, 0) is 9.47 Å². The number of hydrogen-bond donors (Lipinski definition) is 2. The van der Waals surface area contributed by atoms with Crippen LogP contribution in [0.3, 0.4) is 0 Å². The zero-order valence-corrected chi connectivity index (χ0v) is 15.3. The van der Waals surface area contributed by atoms with Gasteiger partial charge < -0.3 is 25.0 Å². The maximum absolute atomic E-state index is 5.70. The molecule has 0 aromatic rings. The van der Waals surface area contributed by atoms with Crippen molar-refractivity contribution in [2.24, 2.45) is 4.99 Å². The van der Waals surface area contributed by atoms with Gasteiger partial charge in [-0.2, -0.15) is 0 Å². The Morgan fingerprint density at radius 1 is 1.55 bits per heavy atom. The predicted molar refractivity (Wildman–Crippen MR) is 93.1 cm³/mol. The van der Waals surface area contributed by atoms with E-state index in [0.717, 1.165) is 32.2 Å². The molecule has 0 bridgehead atoms. The molecular weight excluding hydrogens is 371 g/mol. The first-order valence-electron chi connectivity index (χ1n) is 6.99. The summed E-state index contributed by atoms with van der Waals surface area (Å²) in [6.45, 7) is 9.05. The Hall–Kier alpha value is -0.120. The number of morpholine rings is 1. The monoisotopic (exact) mass is 400 g/mol. The number of nitrogens with zero attached hydrogens (tertiary/aromatic N) is 2. The highest BCUT2D eigenvalue weighted by Gasteiger charge is 2.17. The van der Waals surface area contributed by atoms with Gasteiger partial charge in [-0.25, -0.2) is 0 Å². The summed E-state index contributed by atoms with van der Waals surface area (Å²) >= 11 is 0. The number of likely N-dealkylation sites (N-methyl/N-ethyl adjacent to an activating group) is 1. The van der Waals surface area contributed by atoms with Crippen LogP contribution in [0.1, 0.15) is 13.8 Å². The fourth-order valence-electron chi connectivity index (χ4n) is 2.02. The lowest BCUT2D eigenvalue weighted by atomic mass is 10.3. The minimum Gasteiger partial charge on any atom is -0.383 e. The molecule has 0 saturated carbocycles. The van der Waals surface area contributed by atoms with E-state index in [-0.39, 0.29) is 36.1 Å². The Morgan fingerprint density at radius 3 is 2.90 bits per heavy atom. The quantitative estimate of drug-likeness (QED) is 0.387. The van der Waals surface area contributed by atoms with Gasteiger partial charge in [-0.3, -0.25) is 4.99 Å². The van der Waals surface area contributed by atoms with E-state index in [1.165, 1.54) is 0 Å². The molecule has 0 aliphatic carbocycles. The average Bonchev–Trinajstić information content (AvgIpc) is 2.36. The topological polar surface area (TPSA) is 58.1 Å². The van der Waals surface area contributed by atoms with Crippen LogP contribution in [0.2, 0.25) is 0 Å². The van der Waals surface area contributed by atoms with E-state index in [1.54, 1.807) is 7.11 Å². The highest BCUT2D eigenvalue weighted by atomic mass is 127. The van der Waals surface area contributed by atoms with Gasteiger partial charge in [0.1, 0.15) is 0 Å². The number of hydrogen-bond acceptors (Lipinski definition) is 4. The Balaban J connectivity index is 0.00000361. The number of rotatable bonds is 6. The van der Waals surface area contributed by atoms with Crippen molar-refractivity contribution < 1.29 is 9.47 Å². The van der Waals surface area contributed by atoms with Crippen LogP contribution in [0.4, 0.5) is 0 Å². The summed E-state index contributed by atoms with van der Waals surface area (Å²) in [4.78, 5) is 6.86. The molecule has 1 aliphatic rings. The Kier molecular flexibility index (Phi) is 11.5. The van der Waals surface area contributed by atoms with Gasteiger partial charge in [0.25, 0.3) is 0 Å². The molecule has 0 spiro atoms. The van der Waals surface area contributed by atoms with Gasteiger partial charge in [0, 0.05) is 32.8 Å². The first kappa shape index (κ1) is 19.9. The summed E-state index contributed by atoms with van der Waals surface area (Å²) in [5.41, 5.74) is 0. The highest BCUT2D eigenvalue weighted by molar-refractivity contribution is 14.0. The van der Waals surface area contributed by atoms with Gasteiger partial charge in [0.05, 0.1) is 25.9 Å². The number of nitrogens with one attached hydrogen (secondary N) is 2. The molecule has 7 heteroatoms. The third-order valence-corrected chi connectivity index (χ3v) is 2.94. The lowest BCUT2D eigenvalue weighted by Crippen LogP contribution is -2.45. The zero-order chi connectivity index (χ0) is 14.1. The van der Waals surface area contributed by atoms with Crippen molar-refractivity contribution in [1.82, 2.24) is 15.5 Å². The summed E-state index contributed by atoms with van der Waals surface area (Å²) in [6, 6.07) is 0.234. The zero-order valence-electron chi connectivity index (χ0n) is 13.0. The highest BCUT2D eigenvalue weighted by Crippen LogP contribution is 2.03. The Morgan fingerprint density at radius 2 is 2.30 bits per heavy atom. The average molecular weight is 400 g/mol. The minimum absolute atomic E-state index is 0. The maximum atomic E-state index is 5.70. The molecule has 0 radical (unpaired) electrons. The predicted octanol–water partition coefficient (Wildman–Crippen LogP) is 0.525. The minimum atomic E-state index is 0. The van der Waals surface area contributed by atoms with Gasteiger partial charge >= 0.3 is 0 Å². The molecule has 2 unspecified atom stereocenters. The Bertz CT molecular complexity index is 279. The van der Waals surface area contributed by atoms with Gasteiger partial charge in [0.15, 0.2) is 5.96 Å². The molecule has 1 aliphatic heterocycles. The number of aliphatic imine (C=N–C) groups is 1. The summed E-state index contributed by atoms with van der Waals surface area (Å²) in [6.07, 6.45) is 0.187. The van der Waals surface area contributed by atoms with Crippen molar-refractivity contribution in [2.45, 2.75) is 26.0 Å². The molecule has 20 heavy (non-hydrogen) atoms. The molecule has 1 fully saturated rings. The van der Waals surface area contributed by atoms with Crippen LogP contribution in [0.5, 0.6) is 0 Å². The molecule has 2 atom stereocenters. The van der Waals surface area contributed by atoms with Crippen LogP contribution in [-0.4, -0.2) is 76.6 Å². The third-order valence-electron chi connectivity index (χ3n) is 2.94. The van der Waals surface area contributed by atoms with E-state index in [9.17, 15) is 0 Å². The van der Waals surface area contributed by atoms with Gasteiger partial charge in [-0.15, -0.1) is 24.0 Å². The van der Waals surface area contributed by atoms with Crippen LogP contribution in [0.25, 0.3) is 0 Å². The van der Waals surface area contributed by atoms with E-state index in [1.807, 2.05) is 0 Å². The van der Waals surface area contributed by atoms with E-state index < -0.39 is 0 Å². The molecular formula is C13H29IN4O2. The van der Waals surface area contributed by atoms with Crippen molar-refractivity contribution in [2.75, 3.05) is 53.6 Å². The van der Waals surface area contributed by atoms with Crippen molar-refractivity contribution in [1.29, 1.82) is 0 Å². The number of ether oxygens (including phenoxy) is 2. The number of methoxy groups -OCH3 is 1. The Labute approximate surface area is 139 Å². The number of halogens is 1. The summed E-state index contributed by atoms with van der Waals surface area (Å²) in [7, 11) is 3.82. The third kappa shape index (κ3) is 8.23. The van der Waals surface area contributed by atoms with Gasteiger partial charge in [-0.05, 0) is 20.9 Å². The SMILES string of the molecule is CCNC(=NCC1CN(C)CCO1)NC(C)COC.I. The fourth-order valence-corrected chi connectivity index (χ4v) is 2.02. The van der Waals surface area contributed by atoms with Crippen molar-refractivity contribution in [3.63, 3.8) is 0 Å². The molecule has 0 aromatic carbocycles. The van der Waals surface area contributed by atoms with Gasteiger partial charge in [-0.1, -0.05) is 0 Å². The van der Waals surface area contributed by atoms with Crippen molar-refractivity contribution >= 4 is 29.9 Å². The first-order valence-corrected chi connectivity index (χ1v) is 6.99. The smallest absolute Gasteiger partial charge is 0.191 e. The molecule has 0 amide bonds. The molecule has 1 heterocycles. The second-order valence-corrected chi connectivity index (χ2v) is 4.98. The lowest BCUT2D eigenvalue weighted by Gasteiger charge is -2.29. The normalized spacial score (nSPS) is 22.0.